The van der Waals surface area contributed by atoms with Gasteiger partial charge < -0.3 is 14.5 Å². The van der Waals surface area contributed by atoms with Crippen molar-refractivity contribution in [3.8, 4) is 5.75 Å². The van der Waals surface area contributed by atoms with Gasteiger partial charge in [0.2, 0.25) is 5.91 Å². The second-order valence-electron chi connectivity index (χ2n) is 4.07. The van der Waals surface area contributed by atoms with E-state index in [0.717, 1.165) is 0 Å². The molecule has 1 heterocycles. The van der Waals surface area contributed by atoms with E-state index in [-0.39, 0.29) is 5.91 Å². The average molecular weight is 371 g/mol. The summed E-state index contributed by atoms with van der Waals surface area (Å²) in [6.45, 7) is 0.793. The molecule has 1 aromatic heterocycles. The molecule has 1 amide bonds. The van der Waals surface area contributed by atoms with Crippen molar-refractivity contribution in [1.82, 2.24) is 5.32 Å². The Morgan fingerprint density at radius 3 is 2.71 bits per heavy atom. The van der Waals surface area contributed by atoms with E-state index >= 15 is 0 Å². The second kappa shape index (κ2) is 7.90. The van der Waals surface area contributed by atoms with Gasteiger partial charge in [0, 0.05) is 11.1 Å². The lowest BCUT2D eigenvalue weighted by Gasteiger charge is -2.06. The number of furan rings is 1. The Hall–Kier alpha value is -1.72. The molecule has 0 atom stereocenters. The summed E-state index contributed by atoms with van der Waals surface area (Å²) < 4.78 is 11.3. The smallest absolute Gasteiger partial charge is 0.244 e. The van der Waals surface area contributed by atoms with Crippen LogP contribution >= 0.6 is 27.5 Å². The molecule has 110 valence electrons. The summed E-state index contributed by atoms with van der Waals surface area (Å²) in [5.41, 5.74) is 0. The molecule has 4 nitrogen and oxygen atoms in total. The number of amides is 1. The zero-order chi connectivity index (χ0) is 15.1. The number of hydrogen-bond donors (Lipinski definition) is 1. The third-order valence-corrected chi connectivity index (χ3v) is 3.15. The number of ether oxygens (including phenoxy) is 1. The van der Waals surface area contributed by atoms with Crippen LogP contribution in [0.2, 0.25) is 5.02 Å². The third kappa shape index (κ3) is 5.65. The molecule has 0 spiro atoms. The third-order valence-electron chi connectivity index (χ3n) is 2.48. The number of rotatable bonds is 6. The summed E-state index contributed by atoms with van der Waals surface area (Å²) in [7, 11) is 0. The molecule has 0 bridgehead atoms. The summed E-state index contributed by atoms with van der Waals surface area (Å²) in [5, 5.41) is 3.37. The van der Waals surface area contributed by atoms with Gasteiger partial charge in [-0.25, -0.2) is 0 Å². The largest absolute Gasteiger partial charge is 0.492 e. The molecule has 0 saturated carbocycles. The van der Waals surface area contributed by atoms with Gasteiger partial charge in [-0.2, -0.15) is 0 Å². The van der Waals surface area contributed by atoms with Crippen molar-refractivity contribution >= 4 is 39.5 Å². The highest BCUT2D eigenvalue weighted by Crippen LogP contribution is 2.15. The topological polar surface area (TPSA) is 51.5 Å². The standard InChI is InChI=1S/C15H13BrClNO3/c16-14-7-5-13(21-14)6-8-15(19)18-9-10-20-12-3-1-11(17)2-4-12/h1-8H,9-10H2,(H,18,19)/b8-6+. The van der Waals surface area contributed by atoms with Gasteiger partial charge in [-0.15, -0.1) is 0 Å². The molecule has 0 radical (unpaired) electrons. The predicted molar refractivity (Wildman–Crippen MR) is 85.4 cm³/mol. The molecule has 0 aliphatic carbocycles. The van der Waals surface area contributed by atoms with Gasteiger partial charge in [-0.3, -0.25) is 4.79 Å². The van der Waals surface area contributed by atoms with E-state index in [1.165, 1.54) is 6.08 Å². The molecular formula is C15H13BrClNO3. The first-order valence-electron chi connectivity index (χ1n) is 6.23. The van der Waals surface area contributed by atoms with Gasteiger partial charge in [0.15, 0.2) is 4.67 Å². The summed E-state index contributed by atoms with van der Waals surface area (Å²) in [4.78, 5) is 11.6. The van der Waals surface area contributed by atoms with E-state index in [4.69, 9.17) is 20.8 Å². The van der Waals surface area contributed by atoms with Crippen molar-refractivity contribution in [1.29, 1.82) is 0 Å². The molecule has 6 heteroatoms. The van der Waals surface area contributed by atoms with Gasteiger partial charge in [0.1, 0.15) is 18.1 Å². The van der Waals surface area contributed by atoms with Crippen molar-refractivity contribution in [3.05, 3.63) is 57.9 Å². The van der Waals surface area contributed by atoms with Gasteiger partial charge in [-0.1, -0.05) is 11.6 Å². The van der Waals surface area contributed by atoms with Crippen molar-refractivity contribution < 1.29 is 13.9 Å². The minimum atomic E-state index is -0.206. The predicted octanol–water partition coefficient (Wildman–Crippen LogP) is 3.90. The minimum Gasteiger partial charge on any atom is -0.492 e. The van der Waals surface area contributed by atoms with E-state index in [2.05, 4.69) is 21.2 Å². The first kappa shape index (κ1) is 15.7. The second-order valence-corrected chi connectivity index (χ2v) is 5.29. The Bertz CT molecular complexity index is 622. The Balaban J connectivity index is 1.67. The van der Waals surface area contributed by atoms with Gasteiger partial charge in [0.25, 0.3) is 0 Å². The Morgan fingerprint density at radius 1 is 1.29 bits per heavy atom. The first-order valence-corrected chi connectivity index (χ1v) is 7.40. The lowest BCUT2D eigenvalue weighted by molar-refractivity contribution is -0.116. The van der Waals surface area contributed by atoms with Crippen LogP contribution in [0.4, 0.5) is 0 Å². The SMILES string of the molecule is O=C(/C=C/c1ccc(Br)o1)NCCOc1ccc(Cl)cc1. The van der Waals surface area contributed by atoms with Crippen LogP contribution in [0.25, 0.3) is 6.08 Å². The fourth-order valence-corrected chi connectivity index (χ4v) is 1.95. The van der Waals surface area contributed by atoms with Gasteiger partial charge in [-0.05, 0) is 58.4 Å². The van der Waals surface area contributed by atoms with E-state index in [1.54, 1.807) is 42.5 Å². The number of carbonyl (C=O) groups excluding carboxylic acids is 1. The van der Waals surface area contributed by atoms with Crippen molar-refractivity contribution in [3.63, 3.8) is 0 Å². The highest BCUT2D eigenvalue weighted by Gasteiger charge is 1.98. The summed E-state index contributed by atoms with van der Waals surface area (Å²) in [6, 6.07) is 10.6. The minimum absolute atomic E-state index is 0.206. The monoisotopic (exact) mass is 369 g/mol. The van der Waals surface area contributed by atoms with Crippen LogP contribution in [-0.2, 0) is 4.79 Å². The fourth-order valence-electron chi connectivity index (χ4n) is 1.51. The van der Waals surface area contributed by atoms with E-state index in [0.29, 0.717) is 34.4 Å². The summed E-state index contributed by atoms with van der Waals surface area (Å²) in [6.07, 6.45) is 3.01. The van der Waals surface area contributed by atoms with E-state index in [9.17, 15) is 4.79 Å². The lowest BCUT2D eigenvalue weighted by Crippen LogP contribution is -2.26. The van der Waals surface area contributed by atoms with Crippen LogP contribution in [0, 0.1) is 0 Å². The number of nitrogens with one attached hydrogen (secondary N) is 1. The molecule has 0 aliphatic rings. The van der Waals surface area contributed by atoms with Crippen molar-refractivity contribution in [2.75, 3.05) is 13.2 Å². The quantitative estimate of drug-likeness (QED) is 0.620. The molecule has 2 aromatic rings. The van der Waals surface area contributed by atoms with Crippen molar-refractivity contribution in [2.45, 2.75) is 0 Å². The maximum absolute atomic E-state index is 11.6. The fraction of sp³-hybridized carbons (Fsp3) is 0.133. The molecular weight excluding hydrogens is 358 g/mol. The normalized spacial score (nSPS) is 10.8. The van der Waals surface area contributed by atoms with E-state index < -0.39 is 0 Å². The summed E-state index contributed by atoms with van der Waals surface area (Å²) >= 11 is 8.96. The number of benzene rings is 1. The molecule has 0 fully saturated rings. The molecule has 21 heavy (non-hydrogen) atoms. The number of halogens is 2. The van der Waals surface area contributed by atoms with Gasteiger partial charge >= 0.3 is 0 Å². The van der Waals surface area contributed by atoms with Crippen LogP contribution in [-0.4, -0.2) is 19.1 Å². The Labute approximate surface area is 135 Å². The molecule has 1 N–H and O–H groups in total. The molecule has 1 aromatic carbocycles. The maximum Gasteiger partial charge on any atom is 0.244 e. The Morgan fingerprint density at radius 2 is 2.05 bits per heavy atom. The highest BCUT2D eigenvalue weighted by molar-refractivity contribution is 9.10. The molecule has 0 aliphatic heterocycles. The number of carbonyl (C=O) groups is 1. The molecule has 2 rings (SSSR count). The van der Waals surface area contributed by atoms with Crippen LogP contribution in [0.15, 0.2) is 51.6 Å². The zero-order valence-electron chi connectivity index (χ0n) is 11.0. The van der Waals surface area contributed by atoms with E-state index in [1.807, 2.05) is 0 Å². The molecule has 0 saturated heterocycles. The Kier molecular flexibility index (Phi) is 5.90. The first-order chi connectivity index (χ1) is 10.1. The van der Waals surface area contributed by atoms with Crippen LogP contribution in [0.3, 0.4) is 0 Å². The van der Waals surface area contributed by atoms with Crippen LogP contribution < -0.4 is 10.1 Å². The van der Waals surface area contributed by atoms with Crippen LogP contribution in [0.1, 0.15) is 5.76 Å². The highest BCUT2D eigenvalue weighted by atomic mass is 79.9. The summed E-state index contributed by atoms with van der Waals surface area (Å²) in [5.74, 6) is 1.11. The lowest BCUT2D eigenvalue weighted by atomic mass is 10.3. The molecule has 0 unspecified atom stereocenters. The average Bonchev–Trinajstić information content (AvgIpc) is 2.89. The zero-order valence-corrected chi connectivity index (χ0v) is 13.4. The van der Waals surface area contributed by atoms with Crippen molar-refractivity contribution in [2.24, 2.45) is 0 Å². The maximum atomic E-state index is 11.6. The van der Waals surface area contributed by atoms with Crippen LogP contribution in [0.5, 0.6) is 5.75 Å². The van der Waals surface area contributed by atoms with Gasteiger partial charge in [0.05, 0.1) is 6.54 Å². The number of hydrogen-bond acceptors (Lipinski definition) is 3.